The van der Waals surface area contributed by atoms with Crippen molar-refractivity contribution in [1.29, 1.82) is 15.8 Å². The Morgan fingerprint density at radius 2 is 0.807 bits per heavy atom. The van der Waals surface area contributed by atoms with E-state index in [1.807, 2.05) is 98.8 Å². The zero-order chi connectivity index (χ0) is 64.1. The van der Waals surface area contributed by atoms with Crippen LogP contribution in [-0.4, -0.2) is 40.3 Å². The Bertz CT molecular complexity index is 3860. The highest BCUT2D eigenvalue weighted by Gasteiger charge is 2.41. The third-order valence-electron chi connectivity index (χ3n) is 17.5. The smallest absolute Gasteiger partial charge is 0.269 e. The molecular weight excluding hydrogens is 1090 g/mol. The zero-order valence-electron chi connectivity index (χ0n) is 54.0. The number of rotatable bonds is 7. The van der Waals surface area contributed by atoms with E-state index in [2.05, 4.69) is 137 Å². The molecule has 12 nitrogen and oxygen atoms in total. The third kappa shape index (κ3) is 14.4. The Morgan fingerprint density at radius 1 is 0.489 bits per heavy atom. The average molecular weight is 1170 g/mol. The summed E-state index contributed by atoms with van der Waals surface area (Å²) in [5.41, 5.74) is 15.4. The summed E-state index contributed by atoms with van der Waals surface area (Å²) in [6.45, 7) is 54.8. The molecule has 0 amide bonds. The maximum absolute atomic E-state index is 9.41. The van der Waals surface area contributed by atoms with Crippen LogP contribution < -0.4 is 14.7 Å². The van der Waals surface area contributed by atoms with Crippen LogP contribution in [-0.2, 0) is 35.9 Å². The molecule has 3 aromatic carbocycles. The van der Waals surface area contributed by atoms with E-state index in [9.17, 15) is 10.5 Å². The summed E-state index contributed by atoms with van der Waals surface area (Å²) in [5.74, 6) is 3.96. The number of hydrogen-bond donors (Lipinski definition) is 0. The maximum Gasteiger partial charge on any atom is 0.269 e. The van der Waals surface area contributed by atoms with Crippen LogP contribution in [0.5, 0.6) is 0 Å². The molecule has 0 saturated heterocycles. The van der Waals surface area contributed by atoms with Crippen molar-refractivity contribution in [3.05, 3.63) is 245 Å². The summed E-state index contributed by atoms with van der Waals surface area (Å²) in [7, 11) is 4.00. The highest BCUT2D eigenvalue weighted by Crippen LogP contribution is 2.51. The quantitative estimate of drug-likeness (QED) is 0.168. The van der Waals surface area contributed by atoms with Crippen molar-refractivity contribution in [2.75, 3.05) is 55.0 Å². The van der Waals surface area contributed by atoms with Crippen molar-refractivity contribution in [2.24, 2.45) is 5.41 Å². The molecule has 7 heterocycles. The molecule has 0 radical (unpaired) electrons. The van der Waals surface area contributed by atoms with Gasteiger partial charge in [-0.15, -0.1) is 0 Å². The Kier molecular flexibility index (Phi) is 18.8. The van der Waals surface area contributed by atoms with E-state index in [0.29, 0.717) is 45.5 Å². The lowest BCUT2D eigenvalue weighted by molar-refractivity contribution is 0.223. The predicted octanol–water partition coefficient (Wildman–Crippen LogP) is 18.1. The minimum Gasteiger partial charge on any atom is -0.462 e. The number of benzene rings is 3. The molecular formula is C76H81N9O3. The average Bonchev–Trinajstić information content (AvgIpc) is 0.762. The molecule has 7 aliphatic heterocycles. The number of ether oxygens (including phenoxy) is 3. The van der Waals surface area contributed by atoms with Gasteiger partial charge in [-0.25, -0.2) is 30.3 Å². The number of nitrogens with zero attached hydrogens (tertiary/aromatic N) is 9. The van der Waals surface area contributed by atoms with Crippen molar-refractivity contribution < 1.29 is 14.2 Å². The van der Waals surface area contributed by atoms with Gasteiger partial charge in [0.15, 0.2) is 0 Å². The van der Waals surface area contributed by atoms with Gasteiger partial charge < -0.3 is 28.9 Å². The first-order valence-corrected chi connectivity index (χ1v) is 30.1. The Labute approximate surface area is 523 Å². The van der Waals surface area contributed by atoms with Gasteiger partial charge in [-0.2, -0.15) is 0 Å². The van der Waals surface area contributed by atoms with Crippen LogP contribution in [0.3, 0.4) is 0 Å². The monoisotopic (exact) mass is 1170 g/mol. The van der Waals surface area contributed by atoms with Gasteiger partial charge in [-0.05, 0) is 208 Å². The molecule has 0 spiro atoms. The lowest BCUT2D eigenvalue weighted by atomic mass is 9.69. The second kappa shape index (κ2) is 25.7. The largest absolute Gasteiger partial charge is 0.462 e. The van der Waals surface area contributed by atoms with E-state index in [4.69, 9.17) is 39.2 Å². The highest BCUT2D eigenvalue weighted by atomic mass is 16.5. The standard InChI is InChI=1S/C30H35N3O.C27H29N3O.C19H17N3O/c1-28(2,3)26-18-21(25(19-31)32-8)17-22(34-26)10-9-20-15-23-27-24(16-20)30(6,7)12-14-33(27)13-11-29(23,4)5;1-18-13-20(24(17-28)29-6)16-21(31-18)8-7-19-14-22-25-23(15-19)27(4,5)10-12-30(25)11-9-26(22,2)3;1-14-11-16(19(13-20)21-2)12-18(23-14)10-7-15-5-8-17(9-6-15)22(3)4/h9-10,15-18H,11-14H2,1-7H3;7-8,13-16H,9-12H2,1-5H3;5-12H,1,3-4H3/b10-9+,25-21+;8-7+,24-20-;10-7+,19-16-. The van der Waals surface area contributed by atoms with Gasteiger partial charge in [0.2, 0.25) is 0 Å². The van der Waals surface area contributed by atoms with Crippen molar-refractivity contribution in [2.45, 2.75) is 137 Å². The van der Waals surface area contributed by atoms with Crippen LogP contribution in [0.15, 0.2) is 172 Å². The summed E-state index contributed by atoms with van der Waals surface area (Å²) in [6, 6.07) is 23.3. The molecule has 0 unspecified atom stereocenters. The fourth-order valence-electron chi connectivity index (χ4n) is 11.9. The molecule has 0 bridgehead atoms. The van der Waals surface area contributed by atoms with Gasteiger partial charge in [-0.1, -0.05) is 107 Å². The molecule has 10 rings (SSSR count). The number of allylic oxidation sites excluding steroid dienone is 18. The van der Waals surface area contributed by atoms with Gasteiger partial charge in [-0.3, -0.25) is 0 Å². The summed E-state index contributed by atoms with van der Waals surface area (Å²) in [4.78, 5) is 17.2. The number of anilines is 3. The second-order valence-corrected chi connectivity index (χ2v) is 27.2. The van der Waals surface area contributed by atoms with Crippen LogP contribution in [0.25, 0.3) is 32.8 Å². The van der Waals surface area contributed by atoms with Crippen LogP contribution in [0.2, 0.25) is 0 Å². The van der Waals surface area contributed by atoms with Crippen molar-refractivity contribution in [3.8, 4) is 18.2 Å². The van der Waals surface area contributed by atoms with E-state index in [1.54, 1.807) is 37.3 Å². The molecule has 3 aromatic rings. The topological polar surface area (TPSA) is 122 Å². The summed E-state index contributed by atoms with van der Waals surface area (Å²) < 4.78 is 17.7. The third-order valence-corrected chi connectivity index (χ3v) is 17.5. The lowest BCUT2D eigenvalue weighted by Gasteiger charge is -2.48. The zero-order valence-corrected chi connectivity index (χ0v) is 54.0. The van der Waals surface area contributed by atoms with Gasteiger partial charge in [0.1, 0.15) is 34.6 Å². The van der Waals surface area contributed by atoms with Crippen LogP contribution in [0, 0.1) is 59.1 Å². The van der Waals surface area contributed by atoms with E-state index < -0.39 is 0 Å². The van der Waals surface area contributed by atoms with E-state index in [0.717, 1.165) is 80.0 Å². The molecule has 0 N–H and O–H groups in total. The SMILES string of the molecule is [C-]#[N+]/C(C#N)=C1/C=C(C)OC(/C=C/c2cc3c4c(c2)C(C)(C)CCN4CCC3(C)C)=C1.[C-]#[N+]/C(C#N)=C1/C=C(C)OC(/C=C/c2ccc(N(C)C)cc2)=C1.[C-]#[N+]/C(C#N)=C1C=C(/C=C/c2cc3c4c(c2)C(C)(C)CCN4CCC3(C)C)OC(C(C)(C)C)=C\1. The fraction of sp³-hybridized carbons (Fsp3) is 0.368. The fourth-order valence-corrected chi connectivity index (χ4v) is 11.9. The van der Waals surface area contributed by atoms with Crippen molar-refractivity contribution >= 4 is 35.3 Å². The minimum atomic E-state index is -0.241. The minimum absolute atomic E-state index is 0.0638. The second-order valence-electron chi connectivity index (χ2n) is 27.2. The Hall–Kier alpha value is -9.72. The first kappa shape index (κ1) is 64.3. The molecule has 0 aliphatic carbocycles. The Balaban J connectivity index is 0.000000174. The molecule has 12 heteroatoms. The molecule has 88 heavy (non-hydrogen) atoms. The van der Waals surface area contributed by atoms with Crippen LogP contribution in [0.4, 0.5) is 17.1 Å². The van der Waals surface area contributed by atoms with Gasteiger partial charge in [0.05, 0.1) is 37.9 Å². The number of nitriles is 3. The molecule has 0 aromatic heterocycles. The van der Waals surface area contributed by atoms with Gasteiger partial charge >= 0.3 is 0 Å². The predicted molar refractivity (Wildman–Crippen MR) is 356 cm³/mol. The summed E-state index contributed by atoms with van der Waals surface area (Å²) >= 11 is 0. The lowest BCUT2D eigenvalue weighted by Crippen LogP contribution is -2.44. The molecule has 7 aliphatic rings. The molecule has 448 valence electrons. The summed E-state index contributed by atoms with van der Waals surface area (Å²) in [5, 5.41) is 27.6. The van der Waals surface area contributed by atoms with Gasteiger partial charge in [0.25, 0.3) is 17.1 Å². The van der Waals surface area contributed by atoms with Crippen molar-refractivity contribution in [3.63, 3.8) is 0 Å². The highest BCUT2D eigenvalue weighted by molar-refractivity contribution is 5.74. The molecule has 0 fully saturated rings. The Morgan fingerprint density at radius 3 is 1.11 bits per heavy atom. The first-order chi connectivity index (χ1) is 41.5. The molecule has 0 atom stereocenters. The van der Waals surface area contributed by atoms with Gasteiger partial charge in [0, 0.05) is 62.8 Å². The maximum atomic E-state index is 9.41. The van der Waals surface area contributed by atoms with Crippen molar-refractivity contribution in [1.82, 2.24) is 0 Å². The van der Waals surface area contributed by atoms with E-state index in [1.165, 1.54) is 33.6 Å². The molecule has 0 saturated carbocycles. The van der Waals surface area contributed by atoms with Crippen LogP contribution in [0.1, 0.15) is 155 Å². The number of hydrogen-bond acceptors (Lipinski definition) is 9. The van der Waals surface area contributed by atoms with E-state index in [-0.39, 0.29) is 44.2 Å². The van der Waals surface area contributed by atoms with E-state index >= 15 is 0 Å². The van der Waals surface area contributed by atoms with Crippen LogP contribution >= 0.6 is 0 Å². The first-order valence-electron chi connectivity index (χ1n) is 30.1. The normalized spacial score (nSPS) is 20.6. The summed E-state index contributed by atoms with van der Waals surface area (Å²) in [6.07, 6.45) is 27.0.